The van der Waals surface area contributed by atoms with Crippen molar-refractivity contribution in [3.63, 3.8) is 0 Å². The van der Waals surface area contributed by atoms with E-state index in [0.29, 0.717) is 10.8 Å². The van der Waals surface area contributed by atoms with Crippen molar-refractivity contribution in [1.82, 2.24) is 10.1 Å². The summed E-state index contributed by atoms with van der Waals surface area (Å²) in [6.07, 6.45) is 0. The molecule has 3 N–H and O–H groups in total. The summed E-state index contributed by atoms with van der Waals surface area (Å²) < 4.78 is 22.6. The molecular formula is C16H13FN4O4S. The van der Waals surface area contributed by atoms with Crippen molar-refractivity contribution in [2.24, 2.45) is 0 Å². The molecule has 3 rings (SSSR count). The van der Waals surface area contributed by atoms with Gasteiger partial charge in [0.05, 0.1) is 6.61 Å². The molecule has 0 aliphatic rings. The molecule has 0 unspecified atom stereocenters. The Morgan fingerprint density at radius 1 is 1.35 bits per heavy atom. The number of aromatic nitrogens is 2. The van der Waals surface area contributed by atoms with Gasteiger partial charge in [-0.1, -0.05) is 16.5 Å². The smallest absolute Gasteiger partial charge is 0.360 e. The highest BCUT2D eigenvalue weighted by molar-refractivity contribution is 7.18. The molecule has 26 heavy (non-hydrogen) atoms. The van der Waals surface area contributed by atoms with E-state index < -0.39 is 11.8 Å². The minimum absolute atomic E-state index is 0.00121. The summed E-state index contributed by atoms with van der Waals surface area (Å²) in [6, 6.07) is 6.81. The molecule has 0 saturated heterocycles. The second kappa shape index (κ2) is 7.31. The zero-order valence-corrected chi connectivity index (χ0v) is 14.3. The van der Waals surface area contributed by atoms with Gasteiger partial charge in [-0.15, -0.1) is 0 Å². The fourth-order valence-corrected chi connectivity index (χ4v) is 2.85. The number of hydrogen-bond acceptors (Lipinski definition) is 9. The summed E-state index contributed by atoms with van der Waals surface area (Å²) in [5, 5.41) is 6.79. The first-order valence-corrected chi connectivity index (χ1v) is 8.27. The van der Waals surface area contributed by atoms with E-state index in [1.165, 1.54) is 30.3 Å². The van der Waals surface area contributed by atoms with E-state index in [1.807, 2.05) is 0 Å². The number of rotatable bonds is 6. The standard InChI is InChI=1S/C16H13FN4O4S/c1-2-24-15(23)10-7-11(25-21-10)12(22)13-14(18)20-16(26-13)19-9-5-3-8(17)4-6-9/h3-7H,2,18H2,1H3,(H,19,20). The summed E-state index contributed by atoms with van der Waals surface area (Å²) in [6.45, 7) is 1.83. The molecule has 2 aromatic heterocycles. The molecular weight excluding hydrogens is 363 g/mol. The molecule has 0 aliphatic heterocycles. The van der Waals surface area contributed by atoms with Crippen molar-refractivity contribution in [2.45, 2.75) is 6.92 Å². The molecule has 8 nitrogen and oxygen atoms in total. The van der Waals surface area contributed by atoms with Crippen LogP contribution in [-0.4, -0.2) is 28.5 Å². The number of nitrogens with zero attached hydrogens (tertiary/aromatic N) is 2. The van der Waals surface area contributed by atoms with E-state index in [9.17, 15) is 14.0 Å². The van der Waals surface area contributed by atoms with Crippen LogP contribution in [0.1, 0.15) is 32.8 Å². The molecule has 0 atom stereocenters. The average molecular weight is 376 g/mol. The monoisotopic (exact) mass is 376 g/mol. The molecule has 3 aromatic rings. The lowest BCUT2D eigenvalue weighted by Crippen LogP contribution is -2.05. The quantitative estimate of drug-likeness (QED) is 0.497. The van der Waals surface area contributed by atoms with Gasteiger partial charge in [0, 0.05) is 11.8 Å². The van der Waals surface area contributed by atoms with E-state index in [4.69, 9.17) is 15.0 Å². The van der Waals surface area contributed by atoms with Crippen molar-refractivity contribution in [3.05, 3.63) is 52.5 Å². The first-order valence-electron chi connectivity index (χ1n) is 7.45. The van der Waals surface area contributed by atoms with Gasteiger partial charge in [-0.3, -0.25) is 4.79 Å². The normalized spacial score (nSPS) is 10.5. The Labute approximate surface area is 150 Å². The lowest BCUT2D eigenvalue weighted by atomic mass is 10.2. The molecule has 0 spiro atoms. The van der Waals surface area contributed by atoms with Crippen LogP contribution < -0.4 is 11.1 Å². The maximum Gasteiger partial charge on any atom is 0.360 e. The Balaban J connectivity index is 1.79. The lowest BCUT2D eigenvalue weighted by molar-refractivity contribution is 0.0514. The van der Waals surface area contributed by atoms with Gasteiger partial charge < -0.3 is 20.3 Å². The van der Waals surface area contributed by atoms with Gasteiger partial charge >= 0.3 is 5.97 Å². The number of anilines is 3. The number of benzene rings is 1. The van der Waals surface area contributed by atoms with E-state index in [-0.39, 0.29) is 34.6 Å². The van der Waals surface area contributed by atoms with Crippen LogP contribution in [0.15, 0.2) is 34.9 Å². The van der Waals surface area contributed by atoms with Crippen molar-refractivity contribution < 1.29 is 23.2 Å². The third-order valence-electron chi connectivity index (χ3n) is 3.17. The van der Waals surface area contributed by atoms with Gasteiger partial charge in [0.15, 0.2) is 10.8 Å². The topological polar surface area (TPSA) is 120 Å². The van der Waals surface area contributed by atoms with Crippen LogP contribution in [0.25, 0.3) is 0 Å². The third-order valence-corrected chi connectivity index (χ3v) is 4.16. The number of ether oxygens (including phenoxy) is 1. The Hall–Kier alpha value is -3.27. The minimum atomic E-state index is -0.689. The molecule has 0 saturated carbocycles. The van der Waals surface area contributed by atoms with E-state index >= 15 is 0 Å². The molecule has 0 amide bonds. The zero-order chi connectivity index (χ0) is 18.7. The second-order valence-electron chi connectivity index (χ2n) is 4.99. The molecule has 0 fully saturated rings. The van der Waals surface area contributed by atoms with Crippen molar-refractivity contribution in [3.8, 4) is 0 Å². The number of esters is 1. The van der Waals surface area contributed by atoms with Crippen LogP contribution in [0, 0.1) is 5.82 Å². The van der Waals surface area contributed by atoms with Crippen LogP contribution in [-0.2, 0) is 4.74 Å². The van der Waals surface area contributed by atoms with E-state index in [2.05, 4.69) is 15.5 Å². The highest BCUT2D eigenvalue weighted by atomic mass is 32.1. The van der Waals surface area contributed by atoms with Crippen LogP contribution in [0.5, 0.6) is 0 Å². The number of nitrogen functional groups attached to an aromatic ring is 1. The minimum Gasteiger partial charge on any atom is -0.461 e. The maximum atomic E-state index is 12.9. The molecule has 0 radical (unpaired) electrons. The largest absolute Gasteiger partial charge is 0.461 e. The average Bonchev–Trinajstić information content (AvgIpc) is 3.24. The number of hydrogen-bond donors (Lipinski definition) is 2. The number of thiazole rings is 1. The Morgan fingerprint density at radius 2 is 2.08 bits per heavy atom. The Morgan fingerprint density at radius 3 is 2.77 bits per heavy atom. The number of ketones is 1. The highest BCUT2D eigenvalue weighted by Crippen LogP contribution is 2.30. The summed E-state index contributed by atoms with van der Waals surface area (Å²) in [4.78, 5) is 28.3. The first kappa shape index (κ1) is 17.5. The summed E-state index contributed by atoms with van der Waals surface area (Å²) >= 11 is 0.995. The van der Waals surface area contributed by atoms with Gasteiger partial charge in [0.25, 0.3) is 0 Å². The van der Waals surface area contributed by atoms with Gasteiger partial charge in [-0.05, 0) is 31.2 Å². The number of carbonyl (C=O) groups excluding carboxylic acids is 2. The summed E-state index contributed by atoms with van der Waals surface area (Å²) in [5.41, 5.74) is 6.27. The Bertz CT molecular complexity index is 952. The lowest BCUT2D eigenvalue weighted by Gasteiger charge is -2.00. The van der Waals surface area contributed by atoms with Crippen molar-refractivity contribution in [1.29, 1.82) is 0 Å². The van der Waals surface area contributed by atoms with Gasteiger partial charge in [-0.25, -0.2) is 14.2 Å². The van der Waals surface area contributed by atoms with Crippen LogP contribution in [0.2, 0.25) is 0 Å². The zero-order valence-electron chi connectivity index (χ0n) is 13.5. The molecule has 134 valence electrons. The third kappa shape index (κ3) is 3.70. The molecule has 1 aromatic carbocycles. The van der Waals surface area contributed by atoms with E-state index in [0.717, 1.165) is 11.3 Å². The fourth-order valence-electron chi connectivity index (χ4n) is 2.00. The second-order valence-corrected chi connectivity index (χ2v) is 5.99. The number of nitrogens with one attached hydrogen (secondary N) is 1. The van der Waals surface area contributed by atoms with Gasteiger partial charge in [0.1, 0.15) is 16.5 Å². The molecule has 2 heterocycles. The molecule has 10 heteroatoms. The van der Waals surface area contributed by atoms with Crippen molar-refractivity contribution in [2.75, 3.05) is 17.7 Å². The van der Waals surface area contributed by atoms with Gasteiger partial charge in [0.2, 0.25) is 11.5 Å². The molecule has 0 aliphatic carbocycles. The molecule has 0 bridgehead atoms. The SMILES string of the molecule is CCOC(=O)c1cc(C(=O)c2sc(Nc3ccc(F)cc3)nc2N)on1. The predicted octanol–water partition coefficient (Wildman–Crippen LogP) is 3.00. The highest BCUT2D eigenvalue weighted by Gasteiger charge is 2.24. The summed E-state index contributed by atoms with van der Waals surface area (Å²) in [7, 11) is 0. The number of nitrogens with two attached hydrogens (primary N) is 1. The predicted molar refractivity (Wildman–Crippen MR) is 92.1 cm³/mol. The maximum absolute atomic E-state index is 12.9. The first-order chi connectivity index (χ1) is 12.5. The fraction of sp³-hybridized carbons (Fsp3) is 0.125. The van der Waals surface area contributed by atoms with Crippen LogP contribution >= 0.6 is 11.3 Å². The van der Waals surface area contributed by atoms with E-state index in [1.54, 1.807) is 6.92 Å². The van der Waals surface area contributed by atoms with Gasteiger partial charge in [-0.2, -0.15) is 0 Å². The van der Waals surface area contributed by atoms with Crippen molar-refractivity contribution >= 4 is 39.7 Å². The number of carbonyl (C=O) groups is 2. The van der Waals surface area contributed by atoms with Crippen LogP contribution in [0.4, 0.5) is 21.0 Å². The number of halogens is 1. The summed E-state index contributed by atoms with van der Waals surface area (Å²) in [5.74, 6) is -1.77. The Kier molecular flexibility index (Phi) is 4.94. The van der Waals surface area contributed by atoms with Crippen LogP contribution in [0.3, 0.4) is 0 Å².